The highest BCUT2D eigenvalue weighted by Gasteiger charge is 2.36. The van der Waals surface area contributed by atoms with Crippen LogP contribution in [-0.4, -0.2) is 36.9 Å². The summed E-state index contributed by atoms with van der Waals surface area (Å²) >= 11 is 0. The Bertz CT molecular complexity index is 1170. The van der Waals surface area contributed by atoms with E-state index in [0.717, 1.165) is 0 Å². The van der Waals surface area contributed by atoms with Gasteiger partial charge in [-0.2, -0.15) is 4.31 Å². The van der Waals surface area contributed by atoms with Gasteiger partial charge in [-0.15, -0.1) is 0 Å². The van der Waals surface area contributed by atoms with Gasteiger partial charge < -0.3 is 14.3 Å². The van der Waals surface area contributed by atoms with Crippen molar-refractivity contribution in [2.45, 2.75) is 24.7 Å². The summed E-state index contributed by atoms with van der Waals surface area (Å²) < 4.78 is 38.7. The molecule has 162 valence electrons. The monoisotopic (exact) mass is 441 g/mol. The smallest absolute Gasteiger partial charge is 0.248 e. The molecular weight excluding hydrogens is 418 g/mol. The number of benzene rings is 1. The first-order valence-corrected chi connectivity index (χ1v) is 11.4. The standard InChI is InChI=1S/C22H23N3O5S/c1-16-21(20(30-24-16)12-11-19-10-6-14-29-19)31(27,28)25-13-5-7-17(15-25)22(26)23-18-8-3-2-4-9-18/h2-4,6,8-12,14,17H,5,7,13,15H2,1H3,(H,23,26). The molecule has 1 fully saturated rings. The van der Waals surface area contributed by atoms with Crippen molar-refractivity contribution >= 4 is 33.8 Å². The second-order valence-corrected chi connectivity index (χ2v) is 9.24. The van der Waals surface area contributed by atoms with Crippen LogP contribution >= 0.6 is 0 Å². The second-order valence-electron chi connectivity index (χ2n) is 7.37. The molecule has 0 spiro atoms. The van der Waals surface area contributed by atoms with Gasteiger partial charge >= 0.3 is 0 Å². The minimum absolute atomic E-state index is 0.0134. The number of aryl methyl sites for hydroxylation is 1. The largest absolute Gasteiger partial charge is 0.465 e. The maximum atomic E-state index is 13.4. The van der Waals surface area contributed by atoms with Gasteiger partial charge in [-0.3, -0.25) is 4.79 Å². The minimum atomic E-state index is -3.90. The fourth-order valence-corrected chi connectivity index (χ4v) is 5.39. The number of sulfonamides is 1. The van der Waals surface area contributed by atoms with Gasteiger partial charge in [0.15, 0.2) is 10.7 Å². The Kier molecular flexibility index (Phi) is 6.06. The van der Waals surface area contributed by atoms with Crippen molar-refractivity contribution in [1.82, 2.24) is 9.46 Å². The first-order valence-electron chi connectivity index (χ1n) is 9.99. The summed E-state index contributed by atoms with van der Waals surface area (Å²) in [6.07, 6.45) is 5.88. The molecule has 1 atom stereocenters. The highest BCUT2D eigenvalue weighted by molar-refractivity contribution is 7.89. The lowest BCUT2D eigenvalue weighted by atomic mass is 9.99. The van der Waals surface area contributed by atoms with Crippen LogP contribution in [0.15, 0.2) is 62.6 Å². The zero-order chi connectivity index (χ0) is 21.8. The average Bonchev–Trinajstić information content (AvgIpc) is 3.42. The highest BCUT2D eigenvalue weighted by atomic mass is 32.2. The number of hydrogen-bond donors (Lipinski definition) is 1. The Labute approximate surface area is 180 Å². The lowest BCUT2D eigenvalue weighted by Gasteiger charge is -2.31. The van der Waals surface area contributed by atoms with E-state index in [0.29, 0.717) is 30.8 Å². The summed E-state index contributed by atoms with van der Waals surface area (Å²) in [4.78, 5) is 12.7. The summed E-state index contributed by atoms with van der Waals surface area (Å²) in [5, 5.41) is 6.71. The molecule has 1 amide bonds. The van der Waals surface area contributed by atoms with Gasteiger partial charge in [0.05, 0.1) is 12.2 Å². The van der Waals surface area contributed by atoms with Gasteiger partial charge in [0, 0.05) is 18.8 Å². The van der Waals surface area contributed by atoms with E-state index in [-0.39, 0.29) is 28.8 Å². The molecule has 1 aliphatic rings. The van der Waals surface area contributed by atoms with Crippen LogP contribution in [-0.2, 0) is 14.8 Å². The van der Waals surface area contributed by atoms with E-state index in [4.69, 9.17) is 8.94 Å². The van der Waals surface area contributed by atoms with Gasteiger partial charge in [-0.05, 0) is 56.2 Å². The normalized spacial score (nSPS) is 17.8. The van der Waals surface area contributed by atoms with E-state index in [1.807, 2.05) is 18.2 Å². The van der Waals surface area contributed by atoms with Crippen molar-refractivity contribution in [2.24, 2.45) is 5.92 Å². The molecule has 2 aromatic heterocycles. The van der Waals surface area contributed by atoms with Crippen molar-refractivity contribution in [2.75, 3.05) is 18.4 Å². The third kappa shape index (κ3) is 4.62. The van der Waals surface area contributed by atoms with Crippen LogP contribution in [0, 0.1) is 12.8 Å². The first kappa shape index (κ1) is 21.1. The van der Waals surface area contributed by atoms with E-state index in [2.05, 4.69) is 10.5 Å². The molecule has 8 nitrogen and oxygen atoms in total. The number of hydrogen-bond acceptors (Lipinski definition) is 6. The van der Waals surface area contributed by atoms with E-state index in [1.165, 1.54) is 16.6 Å². The number of anilines is 1. The Hall–Kier alpha value is -3.17. The molecule has 4 rings (SSSR count). The maximum Gasteiger partial charge on any atom is 0.248 e. The number of carbonyl (C=O) groups excluding carboxylic acids is 1. The Morgan fingerprint density at radius 1 is 1.19 bits per heavy atom. The number of furan rings is 1. The van der Waals surface area contributed by atoms with Crippen LogP contribution in [0.3, 0.4) is 0 Å². The molecule has 1 N–H and O–H groups in total. The fourth-order valence-electron chi connectivity index (χ4n) is 3.61. The number of aromatic nitrogens is 1. The van der Waals surface area contributed by atoms with Crippen LogP contribution in [0.4, 0.5) is 5.69 Å². The molecule has 1 aromatic carbocycles. The lowest BCUT2D eigenvalue weighted by molar-refractivity contribution is -0.120. The molecule has 0 aliphatic carbocycles. The van der Waals surface area contributed by atoms with Crippen molar-refractivity contribution in [3.05, 3.63) is 65.9 Å². The van der Waals surface area contributed by atoms with Gasteiger partial charge in [0.25, 0.3) is 0 Å². The van der Waals surface area contributed by atoms with Crippen LogP contribution in [0.2, 0.25) is 0 Å². The van der Waals surface area contributed by atoms with Crippen molar-refractivity contribution in [3.8, 4) is 0 Å². The van der Waals surface area contributed by atoms with E-state index >= 15 is 0 Å². The van der Waals surface area contributed by atoms with Crippen LogP contribution in [0.5, 0.6) is 0 Å². The van der Waals surface area contributed by atoms with Gasteiger partial charge in [0.2, 0.25) is 15.9 Å². The SMILES string of the molecule is Cc1noc(C=Cc2ccco2)c1S(=O)(=O)N1CCCC(C(=O)Nc2ccccc2)C1. The zero-order valence-corrected chi connectivity index (χ0v) is 17.8. The number of para-hydroxylation sites is 1. The fraction of sp³-hybridized carbons (Fsp3) is 0.273. The average molecular weight is 442 g/mol. The summed E-state index contributed by atoms with van der Waals surface area (Å²) in [5.74, 6) is 0.0647. The molecule has 9 heteroatoms. The minimum Gasteiger partial charge on any atom is -0.465 e. The summed E-state index contributed by atoms with van der Waals surface area (Å²) in [6.45, 7) is 2.03. The summed E-state index contributed by atoms with van der Waals surface area (Å²) in [7, 11) is -3.90. The van der Waals surface area contributed by atoms with Crippen LogP contribution in [0.1, 0.15) is 30.1 Å². The number of carbonyl (C=O) groups is 1. The molecule has 0 radical (unpaired) electrons. The van der Waals surface area contributed by atoms with Gasteiger partial charge in [-0.1, -0.05) is 23.4 Å². The number of nitrogens with zero attached hydrogens (tertiary/aromatic N) is 2. The van der Waals surface area contributed by atoms with E-state index in [9.17, 15) is 13.2 Å². The second kappa shape index (κ2) is 8.91. The van der Waals surface area contributed by atoms with Gasteiger partial charge in [0.1, 0.15) is 11.5 Å². The predicted octanol–water partition coefficient (Wildman–Crippen LogP) is 3.79. The number of piperidine rings is 1. The lowest BCUT2D eigenvalue weighted by Crippen LogP contribution is -2.43. The zero-order valence-electron chi connectivity index (χ0n) is 17.0. The number of rotatable bonds is 6. The predicted molar refractivity (Wildman–Crippen MR) is 115 cm³/mol. The summed E-state index contributed by atoms with van der Waals surface area (Å²) in [5.41, 5.74) is 0.961. The van der Waals surface area contributed by atoms with Crippen LogP contribution in [0.25, 0.3) is 12.2 Å². The third-order valence-corrected chi connectivity index (χ3v) is 7.19. The molecule has 0 bridgehead atoms. The third-order valence-electron chi connectivity index (χ3n) is 5.17. The van der Waals surface area contributed by atoms with Gasteiger partial charge in [-0.25, -0.2) is 8.42 Å². The van der Waals surface area contributed by atoms with Crippen molar-refractivity contribution in [1.29, 1.82) is 0 Å². The maximum absolute atomic E-state index is 13.4. The molecule has 1 aliphatic heterocycles. The summed E-state index contributed by atoms with van der Waals surface area (Å²) in [6, 6.07) is 12.6. The van der Waals surface area contributed by atoms with Crippen LogP contribution < -0.4 is 5.32 Å². The Morgan fingerprint density at radius 2 is 2.00 bits per heavy atom. The molecule has 1 unspecified atom stereocenters. The molecule has 3 heterocycles. The molecule has 1 saturated heterocycles. The number of amides is 1. The van der Waals surface area contributed by atoms with E-state index < -0.39 is 15.9 Å². The Morgan fingerprint density at radius 3 is 2.74 bits per heavy atom. The molecule has 31 heavy (non-hydrogen) atoms. The molecule has 3 aromatic rings. The van der Waals surface area contributed by atoms with Crippen molar-refractivity contribution < 1.29 is 22.2 Å². The topological polar surface area (TPSA) is 106 Å². The first-order chi connectivity index (χ1) is 14.9. The van der Waals surface area contributed by atoms with Crippen molar-refractivity contribution in [3.63, 3.8) is 0 Å². The quantitative estimate of drug-likeness (QED) is 0.624. The molecule has 0 saturated carbocycles. The van der Waals surface area contributed by atoms with E-state index in [1.54, 1.807) is 37.3 Å². The number of nitrogens with one attached hydrogen (secondary N) is 1. The molecular formula is C22H23N3O5S. The Balaban J connectivity index is 1.53. The highest BCUT2D eigenvalue weighted by Crippen LogP contribution is 2.29.